The smallest absolute Gasteiger partial charge is 0.243 e. The SMILES string of the molecule is COc1ccc(CC2CCN(S(=O)(=O)c3ccc(OC)cc3)CC2)cc1. The van der Waals surface area contributed by atoms with Crippen LogP contribution in [0.5, 0.6) is 11.5 Å². The van der Waals surface area contributed by atoms with Crippen molar-refractivity contribution in [2.45, 2.75) is 24.2 Å². The van der Waals surface area contributed by atoms with E-state index < -0.39 is 10.0 Å². The fourth-order valence-electron chi connectivity index (χ4n) is 3.35. The number of rotatable bonds is 6. The van der Waals surface area contributed by atoms with Gasteiger partial charge in [0.25, 0.3) is 0 Å². The molecule has 2 aromatic rings. The van der Waals surface area contributed by atoms with E-state index in [1.807, 2.05) is 12.1 Å². The number of ether oxygens (including phenoxy) is 2. The molecule has 0 atom stereocenters. The molecule has 140 valence electrons. The second-order valence-corrected chi connectivity index (χ2v) is 8.51. The molecule has 0 bridgehead atoms. The van der Waals surface area contributed by atoms with Crippen molar-refractivity contribution >= 4 is 10.0 Å². The number of benzene rings is 2. The Balaban J connectivity index is 1.59. The van der Waals surface area contributed by atoms with Crippen LogP contribution in [0.25, 0.3) is 0 Å². The Bertz CT molecular complexity index is 808. The first kappa shape index (κ1) is 18.7. The highest BCUT2D eigenvalue weighted by Crippen LogP contribution is 2.27. The van der Waals surface area contributed by atoms with Crippen LogP contribution in [0, 0.1) is 5.92 Å². The van der Waals surface area contributed by atoms with Gasteiger partial charge in [-0.2, -0.15) is 4.31 Å². The lowest BCUT2D eigenvalue weighted by molar-refractivity contribution is 0.273. The molecular formula is C20H25NO4S. The van der Waals surface area contributed by atoms with Gasteiger partial charge in [0.15, 0.2) is 0 Å². The van der Waals surface area contributed by atoms with E-state index in [9.17, 15) is 8.42 Å². The predicted molar refractivity (Wildman–Crippen MR) is 101 cm³/mol. The van der Waals surface area contributed by atoms with Gasteiger partial charge in [0.2, 0.25) is 10.0 Å². The average Bonchev–Trinajstić information content (AvgIpc) is 2.69. The number of sulfonamides is 1. The maximum Gasteiger partial charge on any atom is 0.243 e. The summed E-state index contributed by atoms with van der Waals surface area (Å²) in [5.74, 6) is 2.02. The maximum atomic E-state index is 12.8. The van der Waals surface area contributed by atoms with Crippen molar-refractivity contribution in [3.63, 3.8) is 0 Å². The summed E-state index contributed by atoms with van der Waals surface area (Å²) in [4.78, 5) is 0.326. The zero-order chi connectivity index (χ0) is 18.6. The first-order valence-electron chi connectivity index (χ1n) is 8.80. The van der Waals surface area contributed by atoms with Crippen molar-refractivity contribution in [2.24, 2.45) is 5.92 Å². The molecule has 0 N–H and O–H groups in total. The van der Waals surface area contributed by atoms with E-state index in [0.29, 0.717) is 29.7 Å². The quantitative estimate of drug-likeness (QED) is 0.777. The Morgan fingerprint density at radius 2 is 1.38 bits per heavy atom. The lowest BCUT2D eigenvalue weighted by atomic mass is 9.91. The highest BCUT2D eigenvalue weighted by molar-refractivity contribution is 7.89. The third-order valence-electron chi connectivity index (χ3n) is 4.95. The second kappa shape index (κ2) is 8.10. The Morgan fingerprint density at radius 1 is 0.885 bits per heavy atom. The molecule has 1 aliphatic heterocycles. The summed E-state index contributed by atoms with van der Waals surface area (Å²) in [6, 6.07) is 14.7. The lowest BCUT2D eigenvalue weighted by Crippen LogP contribution is -2.38. The van der Waals surface area contributed by atoms with Crippen molar-refractivity contribution in [2.75, 3.05) is 27.3 Å². The topological polar surface area (TPSA) is 55.8 Å². The highest BCUT2D eigenvalue weighted by Gasteiger charge is 2.29. The molecule has 1 heterocycles. The molecule has 0 saturated carbocycles. The Morgan fingerprint density at radius 3 is 1.88 bits per heavy atom. The van der Waals surface area contributed by atoms with Crippen LogP contribution in [0.3, 0.4) is 0 Å². The van der Waals surface area contributed by atoms with Gasteiger partial charge in [0, 0.05) is 13.1 Å². The minimum Gasteiger partial charge on any atom is -0.497 e. The number of piperidine rings is 1. The molecule has 0 radical (unpaired) electrons. The molecule has 0 unspecified atom stereocenters. The Labute approximate surface area is 155 Å². The highest BCUT2D eigenvalue weighted by atomic mass is 32.2. The van der Waals surface area contributed by atoms with Crippen LogP contribution in [0.15, 0.2) is 53.4 Å². The third-order valence-corrected chi connectivity index (χ3v) is 6.87. The zero-order valence-corrected chi connectivity index (χ0v) is 16.0. The van der Waals surface area contributed by atoms with Crippen LogP contribution in [0.2, 0.25) is 0 Å². The van der Waals surface area contributed by atoms with Crippen molar-refractivity contribution < 1.29 is 17.9 Å². The molecular weight excluding hydrogens is 350 g/mol. The van der Waals surface area contributed by atoms with Gasteiger partial charge in [-0.15, -0.1) is 0 Å². The summed E-state index contributed by atoms with van der Waals surface area (Å²) < 4.78 is 37.5. The second-order valence-electron chi connectivity index (χ2n) is 6.58. The van der Waals surface area contributed by atoms with Gasteiger partial charge in [-0.3, -0.25) is 0 Å². The normalized spacial score (nSPS) is 16.4. The summed E-state index contributed by atoms with van der Waals surface area (Å²) in [6.07, 6.45) is 2.73. The average molecular weight is 375 g/mol. The van der Waals surface area contributed by atoms with Gasteiger partial charge in [-0.05, 0) is 67.1 Å². The maximum absolute atomic E-state index is 12.8. The summed E-state index contributed by atoms with van der Waals surface area (Å²) in [5.41, 5.74) is 1.27. The van der Waals surface area contributed by atoms with Crippen molar-refractivity contribution in [3.8, 4) is 11.5 Å². The van der Waals surface area contributed by atoms with Crippen molar-refractivity contribution in [1.82, 2.24) is 4.31 Å². The van der Waals surface area contributed by atoms with Gasteiger partial charge >= 0.3 is 0 Å². The van der Waals surface area contributed by atoms with E-state index >= 15 is 0 Å². The van der Waals surface area contributed by atoms with Crippen LogP contribution in [-0.2, 0) is 16.4 Å². The molecule has 2 aromatic carbocycles. The standard InChI is InChI=1S/C20H25NO4S/c1-24-18-5-3-16(4-6-18)15-17-11-13-21(14-12-17)26(22,23)20-9-7-19(25-2)8-10-20/h3-10,17H,11-15H2,1-2H3. The summed E-state index contributed by atoms with van der Waals surface area (Å²) in [7, 11) is -0.204. The molecule has 5 nitrogen and oxygen atoms in total. The van der Waals surface area contributed by atoms with Crippen LogP contribution < -0.4 is 9.47 Å². The van der Waals surface area contributed by atoms with Gasteiger partial charge in [-0.25, -0.2) is 8.42 Å². The minimum absolute atomic E-state index is 0.326. The van der Waals surface area contributed by atoms with E-state index in [1.165, 1.54) is 5.56 Å². The minimum atomic E-state index is -3.43. The molecule has 26 heavy (non-hydrogen) atoms. The van der Waals surface area contributed by atoms with Gasteiger partial charge in [0.1, 0.15) is 11.5 Å². The fourth-order valence-corrected chi connectivity index (χ4v) is 4.82. The molecule has 0 amide bonds. The molecule has 6 heteroatoms. The zero-order valence-electron chi connectivity index (χ0n) is 15.2. The molecule has 3 rings (SSSR count). The molecule has 1 aliphatic rings. The molecule has 1 fully saturated rings. The number of nitrogens with zero attached hydrogens (tertiary/aromatic N) is 1. The van der Waals surface area contributed by atoms with Crippen molar-refractivity contribution in [3.05, 3.63) is 54.1 Å². The van der Waals surface area contributed by atoms with E-state index in [2.05, 4.69) is 12.1 Å². The first-order chi connectivity index (χ1) is 12.5. The van der Waals surface area contributed by atoms with E-state index in [1.54, 1.807) is 42.8 Å². The Hall–Kier alpha value is -2.05. The molecule has 0 aromatic heterocycles. The monoisotopic (exact) mass is 375 g/mol. The van der Waals surface area contributed by atoms with Gasteiger partial charge in [0.05, 0.1) is 19.1 Å². The van der Waals surface area contributed by atoms with Crippen LogP contribution in [-0.4, -0.2) is 40.0 Å². The molecule has 0 spiro atoms. The number of hydrogen-bond acceptors (Lipinski definition) is 4. The largest absolute Gasteiger partial charge is 0.497 e. The van der Waals surface area contributed by atoms with E-state index in [-0.39, 0.29) is 0 Å². The van der Waals surface area contributed by atoms with Crippen molar-refractivity contribution in [1.29, 1.82) is 0 Å². The summed E-state index contributed by atoms with van der Waals surface area (Å²) in [5, 5.41) is 0. The van der Waals surface area contributed by atoms with Gasteiger partial charge in [-0.1, -0.05) is 12.1 Å². The van der Waals surface area contributed by atoms with E-state index in [0.717, 1.165) is 25.0 Å². The number of hydrogen-bond donors (Lipinski definition) is 0. The predicted octanol–water partition coefficient (Wildman–Crippen LogP) is 3.35. The third kappa shape index (κ3) is 4.19. The fraction of sp³-hybridized carbons (Fsp3) is 0.400. The van der Waals surface area contributed by atoms with Crippen LogP contribution in [0.4, 0.5) is 0 Å². The molecule has 0 aliphatic carbocycles. The van der Waals surface area contributed by atoms with Crippen LogP contribution in [0.1, 0.15) is 18.4 Å². The summed E-state index contributed by atoms with van der Waals surface area (Å²) >= 11 is 0. The van der Waals surface area contributed by atoms with Crippen LogP contribution >= 0.6 is 0 Å². The lowest BCUT2D eigenvalue weighted by Gasteiger charge is -2.31. The Kier molecular flexibility index (Phi) is 5.84. The first-order valence-corrected chi connectivity index (χ1v) is 10.2. The molecule has 1 saturated heterocycles. The van der Waals surface area contributed by atoms with Gasteiger partial charge < -0.3 is 9.47 Å². The summed E-state index contributed by atoms with van der Waals surface area (Å²) in [6.45, 7) is 1.13. The number of methoxy groups -OCH3 is 2. The van der Waals surface area contributed by atoms with E-state index in [4.69, 9.17) is 9.47 Å².